The van der Waals surface area contributed by atoms with E-state index in [0.717, 1.165) is 30.4 Å². The van der Waals surface area contributed by atoms with Gasteiger partial charge in [-0.3, -0.25) is 10.1 Å². The van der Waals surface area contributed by atoms with Gasteiger partial charge < -0.3 is 10.1 Å². The van der Waals surface area contributed by atoms with Crippen molar-refractivity contribution in [2.24, 2.45) is 0 Å². The van der Waals surface area contributed by atoms with E-state index in [1.165, 1.54) is 6.20 Å². The number of nitro groups is 1. The third-order valence-electron chi connectivity index (χ3n) is 3.48. The first-order chi connectivity index (χ1) is 9.75. The highest BCUT2D eigenvalue weighted by atomic mass is 16.6. The van der Waals surface area contributed by atoms with E-state index in [0.29, 0.717) is 12.2 Å². The van der Waals surface area contributed by atoms with Crippen molar-refractivity contribution in [3.63, 3.8) is 0 Å². The van der Waals surface area contributed by atoms with Crippen LogP contribution in [0.15, 0.2) is 30.5 Å². The number of anilines is 1. The zero-order valence-corrected chi connectivity index (χ0v) is 10.9. The molecule has 2 heterocycles. The fraction of sp³-hybridized carbons (Fsp3) is 0.357. The monoisotopic (exact) mass is 273 g/mol. The second-order valence-corrected chi connectivity index (χ2v) is 4.81. The van der Waals surface area contributed by atoms with Crippen LogP contribution in [0.3, 0.4) is 0 Å². The fourth-order valence-electron chi connectivity index (χ4n) is 2.48. The van der Waals surface area contributed by atoms with Crippen molar-refractivity contribution in [3.8, 4) is 0 Å². The average molecular weight is 273 g/mol. The smallest absolute Gasteiger partial charge is 0.311 e. The highest BCUT2D eigenvalue weighted by Gasteiger charge is 2.20. The van der Waals surface area contributed by atoms with Gasteiger partial charge in [0.25, 0.3) is 0 Å². The van der Waals surface area contributed by atoms with Gasteiger partial charge in [-0.25, -0.2) is 4.98 Å². The zero-order valence-electron chi connectivity index (χ0n) is 10.9. The Morgan fingerprint density at radius 1 is 1.45 bits per heavy atom. The van der Waals surface area contributed by atoms with E-state index in [1.807, 2.05) is 24.3 Å². The molecule has 0 radical (unpaired) electrons. The lowest BCUT2D eigenvalue weighted by atomic mass is 10.1. The average Bonchev–Trinajstić information content (AvgIpc) is 2.97. The van der Waals surface area contributed by atoms with Crippen LogP contribution in [0.5, 0.6) is 0 Å². The molecule has 1 aliphatic heterocycles. The van der Waals surface area contributed by atoms with E-state index < -0.39 is 4.92 Å². The van der Waals surface area contributed by atoms with E-state index in [2.05, 4.69) is 10.3 Å². The highest BCUT2D eigenvalue weighted by molar-refractivity contribution is 5.95. The van der Waals surface area contributed by atoms with Gasteiger partial charge in [-0.05, 0) is 18.9 Å². The van der Waals surface area contributed by atoms with E-state index >= 15 is 0 Å². The van der Waals surface area contributed by atoms with Crippen LogP contribution in [0.1, 0.15) is 12.8 Å². The van der Waals surface area contributed by atoms with E-state index in [9.17, 15) is 10.1 Å². The van der Waals surface area contributed by atoms with Crippen molar-refractivity contribution in [3.05, 3.63) is 40.6 Å². The minimum atomic E-state index is -0.405. The van der Waals surface area contributed by atoms with E-state index in [1.54, 1.807) is 0 Å². The predicted molar refractivity (Wildman–Crippen MR) is 75.9 cm³/mol. The van der Waals surface area contributed by atoms with Gasteiger partial charge >= 0.3 is 5.69 Å². The largest absolute Gasteiger partial charge is 0.376 e. The molecule has 0 saturated carbocycles. The maximum Gasteiger partial charge on any atom is 0.311 e. The lowest BCUT2D eigenvalue weighted by Gasteiger charge is -2.13. The Bertz CT molecular complexity index is 639. The third kappa shape index (κ3) is 2.42. The molecule has 0 bridgehead atoms. The van der Waals surface area contributed by atoms with Gasteiger partial charge in [-0.2, -0.15) is 0 Å². The van der Waals surface area contributed by atoms with Gasteiger partial charge in [-0.15, -0.1) is 0 Å². The molecule has 0 amide bonds. The quantitative estimate of drug-likeness (QED) is 0.684. The van der Waals surface area contributed by atoms with Crippen LogP contribution in [0.25, 0.3) is 10.9 Å². The number of para-hydroxylation sites is 1. The highest BCUT2D eigenvalue weighted by Crippen LogP contribution is 2.31. The van der Waals surface area contributed by atoms with Gasteiger partial charge in [0.2, 0.25) is 0 Å². The first kappa shape index (κ1) is 12.8. The summed E-state index contributed by atoms with van der Waals surface area (Å²) in [4.78, 5) is 14.9. The van der Waals surface area contributed by atoms with Crippen LogP contribution in [0, 0.1) is 10.1 Å². The molecule has 6 heteroatoms. The number of hydrogen-bond donors (Lipinski definition) is 1. The Labute approximate surface area is 115 Å². The Morgan fingerprint density at radius 2 is 2.30 bits per heavy atom. The van der Waals surface area contributed by atoms with Gasteiger partial charge in [0.05, 0.1) is 16.5 Å². The van der Waals surface area contributed by atoms with Crippen molar-refractivity contribution in [2.75, 3.05) is 18.5 Å². The molecular formula is C14H15N3O3. The lowest BCUT2D eigenvalue weighted by molar-refractivity contribution is -0.384. The summed E-state index contributed by atoms with van der Waals surface area (Å²) in [6, 6.07) is 7.40. The molecule has 1 aromatic carbocycles. The number of pyridine rings is 1. The Balaban J connectivity index is 1.96. The molecule has 20 heavy (non-hydrogen) atoms. The molecule has 0 aliphatic carbocycles. The number of fused-ring (bicyclic) bond motifs is 1. The van der Waals surface area contributed by atoms with E-state index in [-0.39, 0.29) is 11.8 Å². The molecule has 104 valence electrons. The van der Waals surface area contributed by atoms with E-state index in [4.69, 9.17) is 4.74 Å². The fourth-order valence-corrected chi connectivity index (χ4v) is 2.48. The molecule has 6 nitrogen and oxygen atoms in total. The summed E-state index contributed by atoms with van der Waals surface area (Å²) in [6.07, 6.45) is 3.47. The van der Waals surface area contributed by atoms with Crippen LogP contribution in [0.4, 0.5) is 11.4 Å². The van der Waals surface area contributed by atoms with Crippen LogP contribution >= 0.6 is 0 Å². The summed E-state index contributed by atoms with van der Waals surface area (Å²) in [6.45, 7) is 1.35. The first-order valence-corrected chi connectivity index (χ1v) is 6.63. The number of hydrogen-bond acceptors (Lipinski definition) is 5. The standard InChI is InChI=1S/C14H15N3O3/c18-17(19)13-9-15-12-6-2-1-5-11(12)14(13)16-8-10-4-3-7-20-10/h1-2,5-6,9-10H,3-4,7-8H2,(H,15,16). The maximum atomic E-state index is 11.2. The Kier molecular flexibility index (Phi) is 3.47. The minimum absolute atomic E-state index is 0.00157. The van der Waals surface area contributed by atoms with Crippen molar-refractivity contribution in [1.82, 2.24) is 4.98 Å². The number of nitrogens with zero attached hydrogens (tertiary/aromatic N) is 2. The second-order valence-electron chi connectivity index (χ2n) is 4.81. The van der Waals surface area contributed by atoms with Crippen molar-refractivity contribution in [2.45, 2.75) is 18.9 Å². The summed E-state index contributed by atoms with van der Waals surface area (Å²) in [5.74, 6) is 0. The summed E-state index contributed by atoms with van der Waals surface area (Å²) < 4.78 is 5.54. The maximum absolute atomic E-state index is 11.2. The molecular weight excluding hydrogens is 258 g/mol. The van der Waals surface area contributed by atoms with Crippen LogP contribution in [0.2, 0.25) is 0 Å². The predicted octanol–water partition coefficient (Wildman–Crippen LogP) is 2.73. The molecule has 1 unspecified atom stereocenters. The first-order valence-electron chi connectivity index (χ1n) is 6.63. The molecule has 0 spiro atoms. The summed E-state index contributed by atoms with van der Waals surface area (Å²) in [7, 11) is 0. The third-order valence-corrected chi connectivity index (χ3v) is 3.48. The number of nitrogens with one attached hydrogen (secondary N) is 1. The number of rotatable bonds is 4. The molecule has 2 aromatic rings. The number of benzene rings is 1. The molecule has 1 atom stereocenters. The van der Waals surface area contributed by atoms with Crippen molar-refractivity contribution in [1.29, 1.82) is 0 Å². The van der Waals surface area contributed by atoms with Crippen LogP contribution < -0.4 is 5.32 Å². The second kappa shape index (κ2) is 5.42. The topological polar surface area (TPSA) is 77.3 Å². The van der Waals surface area contributed by atoms with Gasteiger partial charge in [0, 0.05) is 18.5 Å². The lowest BCUT2D eigenvalue weighted by Crippen LogP contribution is -2.19. The summed E-state index contributed by atoms with van der Waals surface area (Å²) in [5, 5.41) is 15.1. The number of aromatic nitrogens is 1. The zero-order chi connectivity index (χ0) is 13.9. The SMILES string of the molecule is O=[N+]([O-])c1cnc2ccccc2c1NCC1CCCO1. The van der Waals surface area contributed by atoms with Gasteiger partial charge in [0.1, 0.15) is 11.9 Å². The normalized spacial score (nSPS) is 18.3. The summed E-state index contributed by atoms with van der Waals surface area (Å²) in [5.41, 5.74) is 1.27. The minimum Gasteiger partial charge on any atom is -0.376 e. The summed E-state index contributed by atoms with van der Waals surface area (Å²) >= 11 is 0. The van der Waals surface area contributed by atoms with Crippen molar-refractivity contribution >= 4 is 22.3 Å². The van der Waals surface area contributed by atoms with Crippen LogP contribution in [-0.2, 0) is 4.74 Å². The number of ether oxygens (including phenoxy) is 1. The van der Waals surface area contributed by atoms with Crippen LogP contribution in [-0.4, -0.2) is 29.2 Å². The molecule has 3 rings (SSSR count). The Morgan fingerprint density at radius 3 is 3.05 bits per heavy atom. The van der Waals surface area contributed by atoms with Gasteiger partial charge in [-0.1, -0.05) is 18.2 Å². The Hall–Kier alpha value is -2.21. The molecule has 1 N–H and O–H groups in total. The molecule has 1 fully saturated rings. The van der Waals surface area contributed by atoms with Gasteiger partial charge in [0.15, 0.2) is 0 Å². The van der Waals surface area contributed by atoms with Crippen molar-refractivity contribution < 1.29 is 9.66 Å². The molecule has 1 saturated heterocycles. The molecule has 1 aromatic heterocycles. The molecule has 1 aliphatic rings.